The van der Waals surface area contributed by atoms with E-state index in [1.165, 1.54) is 13.3 Å². The van der Waals surface area contributed by atoms with E-state index in [0.29, 0.717) is 67.4 Å². The Morgan fingerprint density at radius 2 is 2.17 bits per heavy atom. The monoisotopic (exact) mass is 495 g/mol. The maximum atomic E-state index is 12.7. The van der Waals surface area contributed by atoms with Gasteiger partial charge in [0.15, 0.2) is 5.65 Å². The average Bonchev–Trinajstić information content (AvgIpc) is 2.89. The number of esters is 1. The van der Waals surface area contributed by atoms with Crippen LogP contribution in [0.5, 0.6) is 11.8 Å². The Morgan fingerprint density at radius 1 is 1.28 bits per heavy atom. The van der Waals surface area contributed by atoms with Crippen molar-refractivity contribution in [3.63, 3.8) is 0 Å². The highest BCUT2D eigenvalue weighted by Gasteiger charge is 2.39. The number of ether oxygens (including phenoxy) is 2. The summed E-state index contributed by atoms with van der Waals surface area (Å²) in [4.78, 5) is 37.3. The van der Waals surface area contributed by atoms with Crippen LogP contribution in [0.3, 0.4) is 0 Å². The summed E-state index contributed by atoms with van der Waals surface area (Å²) in [5.41, 5.74) is 1.66. The van der Waals surface area contributed by atoms with Crippen LogP contribution in [0, 0.1) is 5.41 Å². The maximum Gasteiger partial charge on any atom is 0.332 e. The molecule has 190 valence electrons. The molecule has 36 heavy (non-hydrogen) atoms. The molecule has 0 bridgehead atoms. The Hall–Kier alpha value is -3.61. The summed E-state index contributed by atoms with van der Waals surface area (Å²) in [6, 6.07) is 7.17. The van der Waals surface area contributed by atoms with Crippen LogP contribution < -0.4 is 31.0 Å². The fourth-order valence-electron chi connectivity index (χ4n) is 4.75. The molecule has 0 saturated carbocycles. The van der Waals surface area contributed by atoms with Crippen molar-refractivity contribution in [2.75, 3.05) is 38.6 Å². The van der Waals surface area contributed by atoms with Gasteiger partial charge in [0.2, 0.25) is 11.8 Å². The topological polar surface area (TPSA) is 153 Å². The van der Waals surface area contributed by atoms with Crippen molar-refractivity contribution in [3.8, 4) is 11.8 Å². The Bertz CT molecular complexity index is 1330. The molecule has 2 atom stereocenters. The van der Waals surface area contributed by atoms with Gasteiger partial charge in [0.25, 0.3) is 5.56 Å². The summed E-state index contributed by atoms with van der Waals surface area (Å²) < 4.78 is 12.0. The highest BCUT2D eigenvalue weighted by Crippen LogP contribution is 2.31. The number of aliphatic hydroxyl groups is 1. The molecule has 3 aromatic rings. The van der Waals surface area contributed by atoms with Crippen LogP contribution in [0.4, 0.5) is 5.69 Å². The van der Waals surface area contributed by atoms with Gasteiger partial charge in [-0.05, 0) is 37.6 Å². The normalized spacial score (nSPS) is 21.5. The fourth-order valence-corrected chi connectivity index (χ4v) is 4.75. The summed E-state index contributed by atoms with van der Waals surface area (Å²) in [6.45, 7) is 2.72. The molecule has 1 saturated heterocycles. The molecule has 3 aromatic heterocycles. The number of piperidine rings is 1. The molecule has 5 heterocycles. The van der Waals surface area contributed by atoms with Gasteiger partial charge in [-0.3, -0.25) is 9.36 Å². The van der Waals surface area contributed by atoms with Crippen LogP contribution in [0.15, 0.2) is 35.3 Å². The van der Waals surface area contributed by atoms with E-state index in [-0.39, 0.29) is 24.0 Å². The number of aromatic nitrogens is 4. The van der Waals surface area contributed by atoms with Gasteiger partial charge in [-0.15, -0.1) is 0 Å². The first-order valence-electron chi connectivity index (χ1n) is 11.9. The highest BCUT2D eigenvalue weighted by atomic mass is 16.5. The number of hydrogen-bond acceptors (Lipinski definition) is 11. The molecule has 12 heteroatoms. The molecular formula is C24H29N7O5. The van der Waals surface area contributed by atoms with Crippen LogP contribution in [0.25, 0.3) is 11.2 Å². The number of methoxy groups -OCH3 is 1. The zero-order chi connectivity index (χ0) is 25.1. The maximum absolute atomic E-state index is 12.7. The number of nitrogens with zero attached hydrogens (tertiary/aromatic N) is 4. The predicted molar refractivity (Wildman–Crippen MR) is 131 cm³/mol. The van der Waals surface area contributed by atoms with Crippen molar-refractivity contribution in [3.05, 3.63) is 46.5 Å². The summed E-state index contributed by atoms with van der Waals surface area (Å²) in [5.74, 6) is 0.297. The van der Waals surface area contributed by atoms with E-state index in [1.807, 2.05) is 12.1 Å². The molecule has 12 nitrogen and oxygen atoms in total. The SMILES string of the molecule is COc1ccc2ncc(=O)n(CC[C@@]3(CNCc4ccc5c(n4)OC(=O)CN5)CNCC[C@H]3O)c2n1. The number of aliphatic hydroxyl groups excluding tert-OH is 1. The number of rotatable bonds is 8. The molecule has 0 aromatic carbocycles. The second-order valence-electron chi connectivity index (χ2n) is 9.12. The second-order valence-corrected chi connectivity index (χ2v) is 9.12. The fraction of sp³-hybridized carbons (Fsp3) is 0.458. The number of nitrogens with one attached hydrogen (secondary N) is 3. The third-order valence-corrected chi connectivity index (χ3v) is 6.82. The largest absolute Gasteiger partial charge is 0.481 e. The number of aryl methyl sites for hydroxylation is 1. The zero-order valence-corrected chi connectivity index (χ0v) is 20.0. The van der Waals surface area contributed by atoms with E-state index in [2.05, 4.69) is 30.9 Å². The van der Waals surface area contributed by atoms with Crippen molar-refractivity contribution < 1.29 is 19.4 Å². The van der Waals surface area contributed by atoms with Crippen LogP contribution in [-0.2, 0) is 17.9 Å². The Balaban J connectivity index is 1.32. The van der Waals surface area contributed by atoms with E-state index >= 15 is 0 Å². The minimum atomic E-state index is -0.556. The third kappa shape index (κ3) is 4.87. The summed E-state index contributed by atoms with van der Waals surface area (Å²) in [6.07, 6.45) is 1.88. The van der Waals surface area contributed by atoms with Crippen molar-refractivity contribution in [2.45, 2.75) is 32.0 Å². The van der Waals surface area contributed by atoms with Gasteiger partial charge in [-0.1, -0.05) is 0 Å². The highest BCUT2D eigenvalue weighted by molar-refractivity contribution is 5.82. The predicted octanol–water partition coefficient (Wildman–Crippen LogP) is 0.0465. The quantitative estimate of drug-likeness (QED) is 0.314. The smallest absolute Gasteiger partial charge is 0.332 e. The lowest BCUT2D eigenvalue weighted by Gasteiger charge is -2.42. The number of fused-ring (bicyclic) bond motifs is 2. The number of anilines is 1. The third-order valence-electron chi connectivity index (χ3n) is 6.82. The Kier molecular flexibility index (Phi) is 6.81. The number of carbonyl (C=O) groups excluding carboxylic acids is 1. The van der Waals surface area contributed by atoms with Gasteiger partial charge >= 0.3 is 5.97 Å². The molecule has 1 fully saturated rings. The standard InChI is InChI=1S/C24H29N7O5/c1-35-19-5-4-16-22(30-19)31(20(33)11-27-16)9-7-24(13-25-8-6-18(24)32)14-26-10-15-2-3-17-23(29-15)36-21(34)12-28-17/h2-5,11,18,25-26,28,32H,6-10,12-14H2,1H3/t18-,24+/m1/s1. The summed E-state index contributed by atoms with van der Waals surface area (Å²) >= 11 is 0. The number of pyridine rings is 2. The van der Waals surface area contributed by atoms with Gasteiger partial charge in [-0.25, -0.2) is 14.8 Å². The van der Waals surface area contributed by atoms with Gasteiger partial charge in [0.05, 0.1) is 30.8 Å². The first-order chi connectivity index (χ1) is 17.5. The van der Waals surface area contributed by atoms with E-state index in [1.54, 1.807) is 16.7 Å². The van der Waals surface area contributed by atoms with Gasteiger partial charge in [0, 0.05) is 37.7 Å². The van der Waals surface area contributed by atoms with Crippen LogP contribution in [-0.4, -0.2) is 70.0 Å². The molecular weight excluding hydrogens is 466 g/mol. The molecule has 2 aliphatic rings. The van der Waals surface area contributed by atoms with Crippen molar-refractivity contribution in [1.29, 1.82) is 0 Å². The first-order valence-corrected chi connectivity index (χ1v) is 11.9. The van der Waals surface area contributed by atoms with E-state index < -0.39 is 11.5 Å². The van der Waals surface area contributed by atoms with E-state index in [4.69, 9.17) is 9.47 Å². The molecule has 2 aliphatic heterocycles. The summed E-state index contributed by atoms with van der Waals surface area (Å²) in [5, 5.41) is 20.8. The minimum Gasteiger partial charge on any atom is -0.481 e. The van der Waals surface area contributed by atoms with Crippen LogP contribution in [0.1, 0.15) is 18.5 Å². The van der Waals surface area contributed by atoms with Crippen molar-refractivity contribution in [2.24, 2.45) is 5.41 Å². The van der Waals surface area contributed by atoms with E-state index in [9.17, 15) is 14.7 Å². The van der Waals surface area contributed by atoms with Crippen molar-refractivity contribution in [1.82, 2.24) is 30.2 Å². The molecule has 0 spiro atoms. The number of carbonyl (C=O) groups is 1. The zero-order valence-electron chi connectivity index (χ0n) is 20.0. The molecule has 0 radical (unpaired) electrons. The van der Waals surface area contributed by atoms with Gasteiger partial charge in [0.1, 0.15) is 12.1 Å². The molecule has 4 N–H and O–H groups in total. The molecule has 0 amide bonds. The second kappa shape index (κ2) is 10.2. The van der Waals surface area contributed by atoms with Gasteiger partial charge < -0.3 is 30.5 Å². The van der Waals surface area contributed by atoms with Crippen LogP contribution in [0.2, 0.25) is 0 Å². The Morgan fingerprint density at radius 3 is 3.00 bits per heavy atom. The number of hydrogen-bond donors (Lipinski definition) is 4. The Labute approximate surface area is 207 Å². The lowest BCUT2D eigenvalue weighted by Crippen LogP contribution is -2.55. The minimum absolute atomic E-state index is 0.123. The van der Waals surface area contributed by atoms with E-state index in [0.717, 1.165) is 6.54 Å². The molecule has 0 aliphatic carbocycles. The summed E-state index contributed by atoms with van der Waals surface area (Å²) in [7, 11) is 1.52. The lowest BCUT2D eigenvalue weighted by molar-refractivity contribution is -0.133. The van der Waals surface area contributed by atoms with Crippen LogP contribution >= 0.6 is 0 Å². The molecule has 0 unspecified atom stereocenters. The van der Waals surface area contributed by atoms with Gasteiger partial charge in [-0.2, -0.15) is 4.98 Å². The molecule has 5 rings (SSSR count). The first kappa shape index (κ1) is 24.1. The average molecular weight is 496 g/mol. The van der Waals surface area contributed by atoms with Crippen molar-refractivity contribution >= 4 is 22.8 Å². The lowest BCUT2D eigenvalue weighted by atomic mass is 9.75.